The van der Waals surface area contributed by atoms with Crippen molar-refractivity contribution in [3.63, 3.8) is 0 Å². The van der Waals surface area contributed by atoms with E-state index in [1.165, 1.54) is 18.5 Å². The Morgan fingerprint density at radius 2 is 2.00 bits per heavy atom. The van der Waals surface area contributed by atoms with Crippen molar-refractivity contribution in [2.45, 2.75) is 57.3 Å². The number of ether oxygens (including phenoxy) is 1. The van der Waals surface area contributed by atoms with Gasteiger partial charge in [0.15, 0.2) is 0 Å². The van der Waals surface area contributed by atoms with Crippen LogP contribution in [-0.2, 0) is 4.79 Å². The Morgan fingerprint density at radius 3 is 2.73 bits per heavy atom. The number of hydrogen-bond acceptors (Lipinski definition) is 6. The minimum atomic E-state index is -1.35. The van der Waals surface area contributed by atoms with Gasteiger partial charge in [-0.1, -0.05) is 0 Å². The molecule has 2 heterocycles. The van der Waals surface area contributed by atoms with Crippen LogP contribution in [0.25, 0.3) is 22.3 Å². The van der Waals surface area contributed by atoms with Gasteiger partial charge in [-0.3, -0.25) is 9.59 Å². The van der Waals surface area contributed by atoms with E-state index in [1.807, 2.05) is 0 Å². The fourth-order valence-electron chi connectivity index (χ4n) is 4.83. The molecule has 3 atom stereocenters. The molecule has 2 saturated carbocycles. The van der Waals surface area contributed by atoms with Crippen molar-refractivity contribution >= 4 is 22.8 Å². The van der Waals surface area contributed by atoms with Crippen molar-refractivity contribution in [2.24, 2.45) is 5.92 Å². The van der Waals surface area contributed by atoms with Gasteiger partial charge in [-0.15, -0.1) is 0 Å². The van der Waals surface area contributed by atoms with Gasteiger partial charge in [0, 0.05) is 23.7 Å². The molecule has 3 aromatic rings. The van der Waals surface area contributed by atoms with E-state index in [1.54, 1.807) is 13.0 Å². The smallest absolute Gasteiger partial charge is 0.255 e. The third-order valence-corrected chi connectivity index (χ3v) is 6.96. The van der Waals surface area contributed by atoms with Crippen molar-refractivity contribution in [1.29, 1.82) is 0 Å². The second-order valence-electron chi connectivity index (χ2n) is 9.80. The number of nitrogens with zero attached hydrogens (tertiary/aromatic N) is 2. The van der Waals surface area contributed by atoms with E-state index < -0.39 is 42.5 Å². The number of H-pyrrole nitrogens is 1. The van der Waals surface area contributed by atoms with Crippen LogP contribution in [0.4, 0.5) is 8.78 Å². The molecule has 37 heavy (non-hydrogen) atoms. The molecule has 0 saturated heterocycles. The van der Waals surface area contributed by atoms with E-state index in [0.29, 0.717) is 64.7 Å². The molecule has 0 bridgehead atoms. The molecule has 2 aliphatic carbocycles. The molecule has 196 valence electrons. The lowest BCUT2D eigenvalue weighted by atomic mass is 9.89. The average molecular weight is 514 g/mol. The van der Waals surface area contributed by atoms with Gasteiger partial charge >= 0.3 is 0 Å². The van der Waals surface area contributed by atoms with E-state index in [-0.39, 0.29) is 6.42 Å². The molecule has 2 amide bonds. The number of carbonyl (C=O) groups is 2. The summed E-state index contributed by atoms with van der Waals surface area (Å²) in [6, 6.07) is 3.15. The van der Waals surface area contributed by atoms with Crippen molar-refractivity contribution < 1.29 is 28.2 Å². The number of carbonyl (C=O) groups excluding carboxylic acids is 2. The highest BCUT2D eigenvalue weighted by molar-refractivity contribution is 6.09. The van der Waals surface area contributed by atoms with Crippen LogP contribution in [0.3, 0.4) is 0 Å². The van der Waals surface area contributed by atoms with Crippen LogP contribution >= 0.6 is 0 Å². The first-order chi connectivity index (χ1) is 17.8. The first-order valence-electron chi connectivity index (χ1n) is 12.4. The summed E-state index contributed by atoms with van der Waals surface area (Å²) in [5, 5.41) is 14.2. The zero-order valence-electron chi connectivity index (χ0n) is 20.4. The van der Waals surface area contributed by atoms with Gasteiger partial charge in [0.05, 0.1) is 23.7 Å². The lowest BCUT2D eigenvalue weighted by molar-refractivity contribution is -0.125. The Morgan fingerprint density at radius 1 is 1.19 bits per heavy atom. The maximum atomic E-state index is 14.6. The summed E-state index contributed by atoms with van der Waals surface area (Å²) in [6.07, 6.45) is 3.04. The summed E-state index contributed by atoms with van der Waals surface area (Å²) in [6.45, 7) is 1.58. The highest BCUT2D eigenvalue weighted by atomic mass is 19.1. The Kier molecular flexibility index (Phi) is 7.05. The molecule has 4 N–H and O–H groups in total. The van der Waals surface area contributed by atoms with Crippen LogP contribution in [-0.4, -0.2) is 63.3 Å². The summed E-state index contributed by atoms with van der Waals surface area (Å²) in [4.78, 5) is 36.5. The molecule has 1 aromatic carbocycles. The Labute approximate surface area is 212 Å². The molecule has 0 radical (unpaired) electrons. The van der Waals surface area contributed by atoms with Crippen LogP contribution in [0.1, 0.15) is 48.2 Å². The van der Waals surface area contributed by atoms with Crippen LogP contribution in [0.5, 0.6) is 5.75 Å². The van der Waals surface area contributed by atoms with Crippen molar-refractivity contribution in [3.05, 3.63) is 41.6 Å². The van der Waals surface area contributed by atoms with Gasteiger partial charge in [-0.2, -0.15) is 0 Å². The van der Waals surface area contributed by atoms with E-state index in [2.05, 4.69) is 25.6 Å². The highest BCUT2D eigenvalue weighted by Gasteiger charge is 2.33. The van der Waals surface area contributed by atoms with E-state index in [0.717, 1.165) is 12.8 Å². The van der Waals surface area contributed by atoms with Gasteiger partial charge in [0.2, 0.25) is 5.91 Å². The second kappa shape index (κ2) is 10.4. The summed E-state index contributed by atoms with van der Waals surface area (Å²) >= 11 is 0. The normalized spacial score (nSPS) is 21.6. The molecule has 0 aliphatic heterocycles. The SMILES string of the molecule is Cc1[nH]c2c(-c3cc(F)ccc3OCC3CC3)ncnc2c1C(=O)N[C@@H]1CC[C@@H](NC(=O)CO)[C@H](F)C1. The van der Waals surface area contributed by atoms with Gasteiger partial charge in [-0.05, 0) is 56.7 Å². The monoisotopic (exact) mass is 513 g/mol. The molecular weight excluding hydrogens is 484 g/mol. The lowest BCUT2D eigenvalue weighted by Gasteiger charge is -2.32. The Balaban J connectivity index is 1.38. The number of aromatic amines is 1. The van der Waals surface area contributed by atoms with Crippen molar-refractivity contribution in [2.75, 3.05) is 13.2 Å². The van der Waals surface area contributed by atoms with Gasteiger partial charge < -0.3 is 25.5 Å². The molecule has 9 nitrogen and oxygen atoms in total. The molecule has 2 aromatic heterocycles. The predicted octanol–water partition coefficient (Wildman–Crippen LogP) is 2.96. The number of halogens is 2. The number of hydrogen-bond donors (Lipinski definition) is 4. The number of aliphatic hydroxyl groups excluding tert-OH is 1. The molecule has 2 aliphatic rings. The number of aryl methyl sites for hydroxylation is 1. The fourth-order valence-corrected chi connectivity index (χ4v) is 4.83. The third-order valence-electron chi connectivity index (χ3n) is 6.96. The molecule has 11 heteroatoms. The first-order valence-corrected chi connectivity index (χ1v) is 12.4. The van der Waals surface area contributed by atoms with Crippen molar-refractivity contribution in [3.8, 4) is 17.0 Å². The van der Waals surface area contributed by atoms with Crippen LogP contribution < -0.4 is 15.4 Å². The zero-order chi connectivity index (χ0) is 26.1. The lowest BCUT2D eigenvalue weighted by Crippen LogP contribution is -2.50. The number of amides is 2. The Hall–Kier alpha value is -3.60. The van der Waals surface area contributed by atoms with Gasteiger partial charge in [0.1, 0.15) is 41.9 Å². The van der Waals surface area contributed by atoms with Crippen LogP contribution in [0.2, 0.25) is 0 Å². The number of aliphatic hydroxyl groups is 1. The first kappa shape index (κ1) is 25.1. The molecule has 5 rings (SSSR count). The fraction of sp³-hybridized carbons (Fsp3) is 0.462. The molecule has 0 unspecified atom stereocenters. The van der Waals surface area contributed by atoms with E-state index in [4.69, 9.17) is 9.84 Å². The third kappa shape index (κ3) is 5.41. The summed E-state index contributed by atoms with van der Waals surface area (Å²) in [5.41, 5.74) is 2.59. The minimum Gasteiger partial charge on any atom is -0.493 e. The molecular formula is C26H29F2N5O4. The van der Waals surface area contributed by atoms with E-state index in [9.17, 15) is 18.4 Å². The minimum absolute atomic E-state index is 0.0364. The predicted molar refractivity (Wildman–Crippen MR) is 131 cm³/mol. The number of aromatic nitrogens is 3. The quantitative estimate of drug-likeness (QED) is 0.367. The number of rotatable bonds is 8. The standard InChI is InChI=1S/C26H29F2N5O4/c1-13-22(26(36)32-16-5-6-19(18(28)9-16)33-21(35)10-34)24-25(31-13)23(29-12-30-24)17-8-15(27)4-7-20(17)37-11-14-2-3-14/h4,7-8,12,14,16,18-19,31,34H,2-3,5-6,9-11H2,1H3,(H,32,36)(H,33,35)/t16-,18-,19-/m1/s1. The van der Waals surface area contributed by atoms with Gasteiger partial charge in [0.25, 0.3) is 5.91 Å². The Bertz CT molecular complexity index is 1330. The summed E-state index contributed by atoms with van der Waals surface area (Å²) in [5.74, 6) is -0.456. The summed E-state index contributed by atoms with van der Waals surface area (Å²) in [7, 11) is 0. The second-order valence-corrected chi connectivity index (χ2v) is 9.80. The van der Waals surface area contributed by atoms with Crippen molar-refractivity contribution in [1.82, 2.24) is 25.6 Å². The topological polar surface area (TPSA) is 129 Å². The van der Waals surface area contributed by atoms with Gasteiger partial charge in [-0.25, -0.2) is 18.7 Å². The molecule has 0 spiro atoms. The maximum Gasteiger partial charge on any atom is 0.255 e. The van der Waals surface area contributed by atoms with Crippen LogP contribution in [0, 0.1) is 18.7 Å². The molecule has 2 fully saturated rings. The largest absolute Gasteiger partial charge is 0.493 e. The van der Waals surface area contributed by atoms with Crippen LogP contribution in [0.15, 0.2) is 24.5 Å². The maximum absolute atomic E-state index is 14.6. The zero-order valence-corrected chi connectivity index (χ0v) is 20.4. The highest BCUT2D eigenvalue weighted by Crippen LogP contribution is 2.37. The number of nitrogens with one attached hydrogen (secondary N) is 3. The number of fused-ring (bicyclic) bond motifs is 1. The number of alkyl halides is 1. The number of benzene rings is 1. The van der Waals surface area contributed by atoms with E-state index >= 15 is 0 Å². The summed E-state index contributed by atoms with van der Waals surface area (Å²) < 4.78 is 34.8. The average Bonchev–Trinajstić information content (AvgIpc) is 3.64.